The summed E-state index contributed by atoms with van der Waals surface area (Å²) >= 11 is 0. The standard InChI is InChI=1S/C18H20N6O2/c1-22-8-12(6-19-22)26-13-9-24(10-13)18(25)14-5-16(11-3-4-11)21-17-15(14)7-20-23(17)2/h5-8,11,13H,3-4,9-10H2,1-2H3. The van der Waals surface area contributed by atoms with Crippen LogP contribution in [0.2, 0.25) is 0 Å². The fourth-order valence-corrected chi connectivity index (χ4v) is 3.40. The van der Waals surface area contributed by atoms with Crippen molar-refractivity contribution >= 4 is 16.9 Å². The van der Waals surface area contributed by atoms with Crippen molar-refractivity contribution in [2.45, 2.75) is 24.9 Å². The lowest BCUT2D eigenvalue weighted by atomic mass is 10.1. The molecule has 0 spiro atoms. The van der Waals surface area contributed by atoms with Crippen molar-refractivity contribution in [1.29, 1.82) is 0 Å². The highest BCUT2D eigenvalue weighted by atomic mass is 16.5. The quantitative estimate of drug-likeness (QED) is 0.711. The van der Waals surface area contributed by atoms with Gasteiger partial charge < -0.3 is 9.64 Å². The van der Waals surface area contributed by atoms with Gasteiger partial charge in [0, 0.05) is 25.7 Å². The molecule has 8 nitrogen and oxygen atoms in total. The zero-order chi connectivity index (χ0) is 17.8. The van der Waals surface area contributed by atoms with E-state index in [1.54, 1.807) is 21.8 Å². The molecule has 1 saturated heterocycles. The topological polar surface area (TPSA) is 78.1 Å². The molecule has 134 valence electrons. The lowest BCUT2D eigenvalue weighted by molar-refractivity contribution is 0.0179. The fraction of sp³-hybridized carbons (Fsp3) is 0.444. The maximum absolute atomic E-state index is 13.0. The molecule has 0 bridgehead atoms. The summed E-state index contributed by atoms with van der Waals surface area (Å²) in [6.07, 6.45) is 7.56. The van der Waals surface area contributed by atoms with E-state index in [1.807, 2.05) is 31.3 Å². The Labute approximate surface area is 150 Å². The Morgan fingerprint density at radius 1 is 1.19 bits per heavy atom. The van der Waals surface area contributed by atoms with Gasteiger partial charge in [0.15, 0.2) is 11.4 Å². The molecule has 3 aromatic rings. The van der Waals surface area contributed by atoms with Crippen LogP contribution >= 0.6 is 0 Å². The van der Waals surface area contributed by atoms with Crippen molar-refractivity contribution in [3.05, 3.63) is 35.9 Å². The van der Waals surface area contributed by atoms with E-state index in [0.717, 1.165) is 35.3 Å². The van der Waals surface area contributed by atoms with Crippen LogP contribution in [0.15, 0.2) is 24.7 Å². The zero-order valence-corrected chi connectivity index (χ0v) is 14.8. The van der Waals surface area contributed by atoms with Crippen LogP contribution in [0.1, 0.15) is 34.8 Å². The first-order valence-corrected chi connectivity index (χ1v) is 8.85. The number of pyridine rings is 1. The van der Waals surface area contributed by atoms with Gasteiger partial charge in [0.25, 0.3) is 5.91 Å². The van der Waals surface area contributed by atoms with E-state index in [-0.39, 0.29) is 12.0 Å². The normalized spacial score (nSPS) is 17.5. The smallest absolute Gasteiger partial charge is 0.254 e. The minimum Gasteiger partial charge on any atom is -0.483 e. The summed E-state index contributed by atoms with van der Waals surface area (Å²) in [5.74, 6) is 1.25. The molecule has 5 rings (SSSR count). The molecular weight excluding hydrogens is 332 g/mol. The van der Waals surface area contributed by atoms with Gasteiger partial charge >= 0.3 is 0 Å². The zero-order valence-electron chi connectivity index (χ0n) is 14.8. The van der Waals surface area contributed by atoms with Gasteiger partial charge in [-0.25, -0.2) is 4.98 Å². The second kappa shape index (κ2) is 5.55. The van der Waals surface area contributed by atoms with Crippen LogP contribution in [0, 0.1) is 0 Å². The summed E-state index contributed by atoms with van der Waals surface area (Å²) in [6, 6.07) is 1.96. The van der Waals surface area contributed by atoms with Crippen molar-refractivity contribution in [3.8, 4) is 5.75 Å². The minimum absolute atomic E-state index is 0.0114. The average Bonchev–Trinajstić information content (AvgIpc) is 3.27. The average molecular weight is 352 g/mol. The number of ether oxygens (including phenoxy) is 1. The highest BCUT2D eigenvalue weighted by molar-refractivity contribution is 6.05. The highest BCUT2D eigenvalue weighted by Crippen LogP contribution is 2.40. The molecule has 0 N–H and O–H groups in total. The Hall–Kier alpha value is -2.90. The maximum atomic E-state index is 13.0. The molecule has 8 heteroatoms. The van der Waals surface area contributed by atoms with E-state index < -0.39 is 0 Å². The van der Waals surface area contributed by atoms with Crippen molar-refractivity contribution < 1.29 is 9.53 Å². The maximum Gasteiger partial charge on any atom is 0.254 e. The summed E-state index contributed by atoms with van der Waals surface area (Å²) < 4.78 is 9.28. The number of amides is 1. The van der Waals surface area contributed by atoms with Gasteiger partial charge in [-0.15, -0.1) is 0 Å². The van der Waals surface area contributed by atoms with Crippen LogP contribution in [-0.2, 0) is 14.1 Å². The lowest BCUT2D eigenvalue weighted by Crippen LogP contribution is -2.56. The van der Waals surface area contributed by atoms with Gasteiger partial charge in [0.05, 0.1) is 42.6 Å². The van der Waals surface area contributed by atoms with E-state index in [1.165, 1.54) is 0 Å². The van der Waals surface area contributed by atoms with Crippen molar-refractivity contribution in [2.75, 3.05) is 13.1 Å². The first-order chi connectivity index (χ1) is 12.6. The largest absolute Gasteiger partial charge is 0.483 e. The third-order valence-corrected chi connectivity index (χ3v) is 5.07. The van der Waals surface area contributed by atoms with Crippen LogP contribution < -0.4 is 4.74 Å². The molecule has 0 radical (unpaired) electrons. The van der Waals surface area contributed by atoms with Gasteiger partial charge in [0.1, 0.15) is 6.10 Å². The number of hydrogen-bond donors (Lipinski definition) is 0. The molecule has 1 amide bonds. The summed E-state index contributed by atoms with van der Waals surface area (Å²) in [7, 11) is 3.71. The Bertz CT molecular complexity index is 996. The second-order valence-corrected chi connectivity index (χ2v) is 7.17. The predicted molar refractivity (Wildman–Crippen MR) is 94.0 cm³/mol. The summed E-state index contributed by atoms with van der Waals surface area (Å²) in [6.45, 7) is 1.16. The summed E-state index contributed by atoms with van der Waals surface area (Å²) in [4.78, 5) is 19.6. The van der Waals surface area contributed by atoms with Crippen LogP contribution in [0.4, 0.5) is 0 Å². The third-order valence-electron chi connectivity index (χ3n) is 5.07. The SMILES string of the molecule is Cn1cc(OC2CN(C(=O)c3cc(C4CC4)nc4c3cnn4C)C2)cn1. The molecular formula is C18H20N6O2. The first-order valence-electron chi connectivity index (χ1n) is 8.85. The van der Waals surface area contributed by atoms with E-state index in [4.69, 9.17) is 9.72 Å². The van der Waals surface area contributed by atoms with Crippen LogP contribution in [0.5, 0.6) is 5.75 Å². The number of aromatic nitrogens is 5. The van der Waals surface area contributed by atoms with E-state index in [0.29, 0.717) is 24.6 Å². The molecule has 0 unspecified atom stereocenters. The number of carbonyl (C=O) groups is 1. The Morgan fingerprint density at radius 3 is 2.69 bits per heavy atom. The molecule has 1 aliphatic heterocycles. The van der Waals surface area contributed by atoms with Gasteiger partial charge in [0.2, 0.25) is 0 Å². The minimum atomic E-state index is 0.0114. The molecule has 26 heavy (non-hydrogen) atoms. The monoisotopic (exact) mass is 352 g/mol. The Kier molecular flexibility index (Phi) is 3.28. The molecule has 3 aromatic heterocycles. The number of nitrogens with zero attached hydrogens (tertiary/aromatic N) is 6. The third kappa shape index (κ3) is 2.53. The molecule has 1 aliphatic carbocycles. The van der Waals surface area contributed by atoms with Gasteiger partial charge in [-0.1, -0.05) is 0 Å². The number of fused-ring (bicyclic) bond motifs is 1. The Balaban J connectivity index is 1.36. The number of hydrogen-bond acceptors (Lipinski definition) is 5. The molecule has 0 aromatic carbocycles. The predicted octanol–water partition coefficient (Wildman–Crippen LogP) is 1.48. The second-order valence-electron chi connectivity index (χ2n) is 7.17. The van der Waals surface area contributed by atoms with Gasteiger partial charge in [-0.2, -0.15) is 10.2 Å². The summed E-state index contributed by atoms with van der Waals surface area (Å²) in [5.41, 5.74) is 2.49. The van der Waals surface area contributed by atoms with E-state index in [9.17, 15) is 4.79 Å². The number of carbonyl (C=O) groups excluding carboxylic acids is 1. The van der Waals surface area contributed by atoms with Crippen molar-refractivity contribution in [2.24, 2.45) is 14.1 Å². The molecule has 2 fully saturated rings. The van der Waals surface area contributed by atoms with Crippen LogP contribution in [0.25, 0.3) is 11.0 Å². The summed E-state index contributed by atoms with van der Waals surface area (Å²) in [5, 5.41) is 9.20. The van der Waals surface area contributed by atoms with Crippen LogP contribution in [-0.4, -0.2) is 54.5 Å². The van der Waals surface area contributed by atoms with Crippen molar-refractivity contribution in [1.82, 2.24) is 29.4 Å². The van der Waals surface area contributed by atoms with Crippen molar-refractivity contribution in [3.63, 3.8) is 0 Å². The number of likely N-dealkylation sites (tertiary alicyclic amines) is 1. The molecule has 2 aliphatic rings. The molecule has 1 saturated carbocycles. The lowest BCUT2D eigenvalue weighted by Gasteiger charge is -2.38. The number of aryl methyl sites for hydroxylation is 2. The van der Waals surface area contributed by atoms with Gasteiger partial charge in [-0.05, 0) is 18.9 Å². The van der Waals surface area contributed by atoms with Crippen LogP contribution in [0.3, 0.4) is 0 Å². The van der Waals surface area contributed by atoms with E-state index in [2.05, 4.69) is 10.2 Å². The molecule has 0 atom stereocenters. The first kappa shape index (κ1) is 15.4. The fourth-order valence-electron chi connectivity index (χ4n) is 3.40. The van der Waals surface area contributed by atoms with E-state index >= 15 is 0 Å². The Morgan fingerprint density at radius 2 is 2.00 bits per heavy atom. The number of rotatable bonds is 4. The molecule has 4 heterocycles. The highest BCUT2D eigenvalue weighted by Gasteiger charge is 2.35. The van der Waals surface area contributed by atoms with Gasteiger partial charge in [-0.3, -0.25) is 14.2 Å².